The molecule has 43 heavy (non-hydrogen) atoms. The summed E-state index contributed by atoms with van der Waals surface area (Å²) >= 11 is 0. The molecule has 0 atom stereocenters. The zero-order valence-electron chi connectivity index (χ0n) is 25.4. The predicted molar refractivity (Wildman–Crippen MR) is 168 cm³/mol. The van der Waals surface area contributed by atoms with Gasteiger partial charge in [-0.05, 0) is 56.0 Å². The molecule has 2 aliphatic rings. The maximum Gasteiger partial charge on any atom is 0.261 e. The highest BCUT2D eigenvalue weighted by molar-refractivity contribution is 6.08. The second-order valence-corrected chi connectivity index (χ2v) is 11.2. The minimum atomic E-state index is -0.289. The quantitative estimate of drug-likeness (QED) is 0.320. The standard InChI is InChI=1S/C33H42N6O4/c1-4-25-31(29(5-2)43-36-25)33(42)35-26-22-24(32(41)34-15-9-17-39-16-8-12-30(39)40)13-14-28(26)38-20-18-37(19-21-38)27-11-7-6-10-23(27)3/h6-7,10-11,13-14,22H,4-5,8-9,12,15-21H2,1-3H3,(H,34,41)(H,35,42). The van der Waals surface area contributed by atoms with Crippen molar-refractivity contribution >= 4 is 34.8 Å². The average molecular weight is 587 g/mol. The summed E-state index contributed by atoms with van der Waals surface area (Å²) in [6, 6.07) is 13.9. The van der Waals surface area contributed by atoms with E-state index < -0.39 is 0 Å². The van der Waals surface area contributed by atoms with E-state index in [-0.39, 0.29) is 17.7 Å². The van der Waals surface area contributed by atoms with E-state index in [0.717, 1.165) is 44.8 Å². The number of para-hydroxylation sites is 1. The first-order valence-corrected chi connectivity index (χ1v) is 15.4. The maximum atomic E-state index is 13.6. The summed E-state index contributed by atoms with van der Waals surface area (Å²) in [7, 11) is 0. The van der Waals surface area contributed by atoms with Crippen molar-refractivity contribution < 1.29 is 18.9 Å². The molecule has 0 bridgehead atoms. The summed E-state index contributed by atoms with van der Waals surface area (Å²) in [5.74, 6) is 0.232. The van der Waals surface area contributed by atoms with Crippen molar-refractivity contribution in [1.29, 1.82) is 0 Å². The molecule has 0 aliphatic carbocycles. The van der Waals surface area contributed by atoms with Gasteiger partial charge < -0.3 is 29.9 Å². The molecule has 2 saturated heterocycles. The first-order chi connectivity index (χ1) is 20.9. The molecule has 2 N–H and O–H groups in total. The van der Waals surface area contributed by atoms with Gasteiger partial charge in [0.1, 0.15) is 11.3 Å². The van der Waals surface area contributed by atoms with Crippen molar-refractivity contribution in [3.63, 3.8) is 0 Å². The van der Waals surface area contributed by atoms with Crippen LogP contribution in [0.2, 0.25) is 0 Å². The van der Waals surface area contributed by atoms with Crippen LogP contribution < -0.4 is 20.4 Å². The molecule has 2 aliphatic heterocycles. The van der Waals surface area contributed by atoms with Crippen LogP contribution in [0.1, 0.15) is 70.8 Å². The Morgan fingerprint density at radius 3 is 2.35 bits per heavy atom. The molecule has 10 heteroatoms. The Bertz CT molecular complexity index is 1440. The fourth-order valence-electron chi connectivity index (χ4n) is 5.96. The molecule has 2 fully saturated rings. The van der Waals surface area contributed by atoms with Gasteiger partial charge in [-0.3, -0.25) is 14.4 Å². The highest BCUT2D eigenvalue weighted by atomic mass is 16.5. The smallest absolute Gasteiger partial charge is 0.261 e. The lowest BCUT2D eigenvalue weighted by Crippen LogP contribution is -2.47. The van der Waals surface area contributed by atoms with Gasteiger partial charge in [-0.2, -0.15) is 0 Å². The SMILES string of the molecule is CCc1noc(CC)c1C(=O)Nc1cc(C(=O)NCCCN2CCCC2=O)ccc1N1CCN(c2ccccc2C)CC1. The van der Waals surface area contributed by atoms with Gasteiger partial charge in [0.05, 0.1) is 17.1 Å². The molecule has 0 unspecified atom stereocenters. The molecular weight excluding hydrogens is 544 g/mol. The van der Waals surface area contributed by atoms with E-state index in [1.54, 1.807) is 6.07 Å². The average Bonchev–Trinajstić information content (AvgIpc) is 3.65. The van der Waals surface area contributed by atoms with Crippen molar-refractivity contribution in [2.45, 2.75) is 52.9 Å². The lowest BCUT2D eigenvalue weighted by molar-refractivity contribution is -0.127. The van der Waals surface area contributed by atoms with Crippen molar-refractivity contribution in [3.8, 4) is 0 Å². The van der Waals surface area contributed by atoms with Gasteiger partial charge in [0.2, 0.25) is 5.91 Å². The number of nitrogens with zero attached hydrogens (tertiary/aromatic N) is 4. The second-order valence-electron chi connectivity index (χ2n) is 11.2. The van der Waals surface area contributed by atoms with Crippen LogP contribution in [0, 0.1) is 6.92 Å². The maximum absolute atomic E-state index is 13.6. The summed E-state index contributed by atoms with van der Waals surface area (Å²) in [6.45, 7) is 11.1. The third-order valence-electron chi connectivity index (χ3n) is 8.36. The number of likely N-dealkylation sites (tertiary alicyclic amines) is 1. The van der Waals surface area contributed by atoms with Gasteiger partial charge in [0.15, 0.2) is 0 Å². The van der Waals surface area contributed by atoms with Crippen LogP contribution in [0.15, 0.2) is 47.0 Å². The van der Waals surface area contributed by atoms with Crippen LogP contribution in [0.4, 0.5) is 17.1 Å². The third-order valence-corrected chi connectivity index (χ3v) is 8.36. The van der Waals surface area contributed by atoms with Crippen molar-refractivity contribution in [1.82, 2.24) is 15.4 Å². The largest absolute Gasteiger partial charge is 0.368 e. The van der Waals surface area contributed by atoms with E-state index in [1.165, 1.54) is 11.3 Å². The van der Waals surface area contributed by atoms with Gasteiger partial charge >= 0.3 is 0 Å². The number of rotatable bonds is 11. The molecule has 5 rings (SSSR count). The van der Waals surface area contributed by atoms with Crippen LogP contribution >= 0.6 is 0 Å². The van der Waals surface area contributed by atoms with Crippen LogP contribution in [-0.2, 0) is 17.6 Å². The Labute approximate surface area is 253 Å². The number of benzene rings is 2. The molecule has 3 amide bonds. The van der Waals surface area contributed by atoms with E-state index in [4.69, 9.17) is 4.52 Å². The number of hydrogen-bond donors (Lipinski definition) is 2. The monoisotopic (exact) mass is 586 g/mol. The fraction of sp³-hybridized carbons (Fsp3) is 0.455. The van der Waals surface area contributed by atoms with Crippen LogP contribution in [0.25, 0.3) is 0 Å². The highest BCUT2D eigenvalue weighted by Crippen LogP contribution is 2.31. The lowest BCUT2D eigenvalue weighted by atomic mass is 10.1. The number of carbonyl (C=O) groups excluding carboxylic acids is 3. The van der Waals surface area contributed by atoms with Gasteiger partial charge in [-0.1, -0.05) is 37.2 Å². The number of hydrogen-bond acceptors (Lipinski definition) is 7. The van der Waals surface area contributed by atoms with Gasteiger partial charge in [-0.25, -0.2) is 0 Å². The predicted octanol–water partition coefficient (Wildman–Crippen LogP) is 4.43. The van der Waals surface area contributed by atoms with Crippen LogP contribution in [0.3, 0.4) is 0 Å². The Morgan fingerprint density at radius 1 is 0.930 bits per heavy atom. The van der Waals surface area contributed by atoms with Crippen LogP contribution in [-0.4, -0.2) is 73.6 Å². The number of nitrogens with one attached hydrogen (secondary N) is 2. The summed E-state index contributed by atoms with van der Waals surface area (Å²) < 4.78 is 5.45. The van der Waals surface area contributed by atoms with E-state index in [9.17, 15) is 14.4 Å². The molecule has 3 aromatic rings. The topological polar surface area (TPSA) is 111 Å². The van der Waals surface area contributed by atoms with Gasteiger partial charge in [0, 0.05) is 69.9 Å². The molecule has 1 aromatic heterocycles. The normalized spacial score (nSPS) is 15.2. The summed E-state index contributed by atoms with van der Waals surface area (Å²) in [4.78, 5) is 45.1. The zero-order chi connectivity index (χ0) is 30.3. The Balaban J connectivity index is 1.33. The number of carbonyl (C=O) groups is 3. The highest BCUT2D eigenvalue weighted by Gasteiger charge is 2.25. The number of aromatic nitrogens is 1. The molecule has 0 saturated carbocycles. The Morgan fingerprint density at radius 2 is 1.67 bits per heavy atom. The Kier molecular flexibility index (Phi) is 9.64. The first kappa shape index (κ1) is 30.1. The molecule has 0 radical (unpaired) electrons. The second kappa shape index (κ2) is 13.8. The third kappa shape index (κ3) is 6.84. The summed E-state index contributed by atoms with van der Waals surface area (Å²) in [5, 5.41) is 10.2. The molecule has 10 nitrogen and oxygen atoms in total. The molecule has 2 aromatic carbocycles. The number of amides is 3. The van der Waals surface area contributed by atoms with Crippen LogP contribution in [0.5, 0.6) is 0 Å². The fourth-order valence-corrected chi connectivity index (χ4v) is 5.96. The molecule has 3 heterocycles. The minimum absolute atomic E-state index is 0.187. The zero-order valence-corrected chi connectivity index (χ0v) is 25.4. The van der Waals surface area contributed by atoms with Gasteiger partial charge in [-0.15, -0.1) is 0 Å². The number of aryl methyl sites for hydroxylation is 3. The summed E-state index contributed by atoms with van der Waals surface area (Å²) in [5.41, 5.74) is 5.48. The number of piperazine rings is 1. The Hall–Kier alpha value is -4.34. The molecule has 0 spiro atoms. The van der Waals surface area contributed by atoms with Crippen molar-refractivity contribution in [2.75, 3.05) is 60.9 Å². The van der Waals surface area contributed by atoms with Crippen molar-refractivity contribution in [2.24, 2.45) is 0 Å². The van der Waals surface area contributed by atoms with Gasteiger partial charge in [0.25, 0.3) is 11.8 Å². The molecule has 228 valence electrons. The van der Waals surface area contributed by atoms with E-state index in [1.807, 2.05) is 30.9 Å². The first-order valence-electron chi connectivity index (χ1n) is 15.4. The molecular formula is C33H42N6O4. The van der Waals surface area contributed by atoms with E-state index in [0.29, 0.717) is 67.0 Å². The van der Waals surface area contributed by atoms with E-state index in [2.05, 4.69) is 56.8 Å². The lowest BCUT2D eigenvalue weighted by Gasteiger charge is -2.38. The van der Waals surface area contributed by atoms with E-state index >= 15 is 0 Å². The minimum Gasteiger partial charge on any atom is -0.368 e. The van der Waals surface area contributed by atoms with Crippen molar-refractivity contribution in [3.05, 3.63) is 70.6 Å². The number of anilines is 3. The summed E-state index contributed by atoms with van der Waals surface area (Å²) in [6.07, 6.45) is 3.34.